The molecule has 3 rings (SSSR count). The Morgan fingerprint density at radius 3 is 2.14 bits per heavy atom. The predicted octanol–water partition coefficient (Wildman–Crippen LogP) is 2.33. The molecule has 0 spiro atoms. The molecular formula is C22H27N3O3. The SMILES string of the molecule is CCC(N)(Cc1ccc(C(=O)O)cc1)C(=O)c1ccc(N2CCNCC2)cc1. The number of hydrogen-bond donors (Lipinski definition) is 3. The molecule has 0 aromatic heterocycles. The zero-order chi connectivity index (χ0) is 20.1. The van der Waals surface area contributed by atoms with Crippen LogP contribution in [0.2, 0.25) is 0 Å². The fraction of sp³-hybridized carbons (Fsp3) is 0.364. The maximum absolute atomic E-state index is 13.1. The van der Waals surface area contributed by atoms with E-state index in [4.69, 9.17) is 10.8 Å². The average Bonchev–Trinajstić information content (AvgIpc) is 2.74. The molecule has 148 valence electrons. The molecule has 0 saturated carbocycles. The van der Waals surface area contributed by atoms with Gasteiger partial charge in [0.25, 0.3) is 0 Å². The van der Waals surface area contributed by atoms with Crippen molar-refractivity contribution in [1.29, 1.82) is 0 Å². The van der Waals surface area contributed by atoms with E-state index in [2.05, 4.69) is 10.2 Å². The van der Waals surface area contributed by atoms with E-state index in [0.29, 0.717) is 18.4 Å². The van der Waals surface area contributed by atoms with Crippen molar-refractivity contribution >= 4 is 17.4 Å². The van der Waals surface area contributed by atoms with Crippen molar-refractivity contribution in [3.63, 3.8) is 0 Å². The van der Waals surface area contributed by atoms with Gasteiger partial charge in [-0.3, -0.25) is 4.79 Å². The number of aromatic carboxylic acids is 1. The van der Waals surface area contributed by atoms with Crippen LogP contribution in [0.15, 0.2) is 48.5 Å². The number of hydrogen-bond acceptors (Lipinski definition) is 5. The van der Waals surface area contributed by atoms with Crippen LogP contribution in [-0.4, -0.2) is 48.6 Å². The van der Waals surface area contributed by atoms with Crippen LogP contribution in [0, 0.1) is 0 Å². The van der Waals surface area contributed by atoms with Crippen LogP contribution < -0.4 is 16.0 Å². The Balaban J connectivity index is 1.74. The number of ketones is 1. The summed E-state index contributed by atoms with van der Waals surface area (Å²) >= 11 is 0. The fourth-order valence-electron chi connectivity index (χ4n) is 3.53. The summed E-state index contributed by atoms with van der Waals surface area (Å²) in [6.07, 6.45) is 0.855. The number of piperazine rings is 1. The lowest BCUT2D eigenvalue weighted by atomic mass is 9.82. The second-order valence-corrected chi connectivity index (χ2v) is 7.30. The summed E-state index contributed by atoms with van der Waals surface area (Å²) in [7, 11) is 0. The molecule has 0 aliphatic carbocycles. The zero-order valence-electron chi connectivity index (χ0n) is 16.1. The maximum atomic E-state index is 13.1. The first-order valence-corrected chi connectivity index (χ1v) is 9.64. The summed E-state index contributed by atoms with van der Waals surface area (Å²) in [5.41, 5.74) is 8.25. The van der Waals surface area contributed by atoms with Gasteiger partial charge in [-0.1, -0.05) is 19.1 Å². The predicted molar refractivity (Wildman–Crippen MR) is 110 cm³/mol. The molecule has 2 aromatic rings. The van der Waals surface area contributed by atoms with E-state index in [1.54, 1.807) is 24.3 Å². The van der Waals surface area contributed by atoms with E-state index in [0.717, 1.165) is 37.4 Å². The largest absolute Gasteiger partial charge is 0.478 e. The number of carboxylic acids is 1. The van der Waals surface area contributed by atoms with Crippen molar-refractivity contribution in [2.24, 2.45) is 5.73 Å². The van der Waals surface area contributed by atoms with Crippen LogP contribution in [0.5, 0.6) is 0 Å². The smallest absolute Gasteiger partial charge is 0.335 e. The van der Waals surface area contributed by atoms with Crippen molar-refractivity contribution < 1.29 is 14.7 Å². The first-order chi connectivity index (χ1) is 13.4. The molecule has 1 heterocycles. The maximum Gasteiger partial charge on any atom is 0.335 e. The van der Waals surface area contributed by atoms with E-state index < -0.39 is 11.5 Å². The number of nitrogens with two attached hydrogens (primary N) is 1. The minimum Gasteiger partial charge on any atom is -0.478 e. The van der Waals surface area contributed by atoms with E-state index in [9.17, 15) is 9.59 Å². The molecule has 1 fully saturated rings. The van der Waals surface area contributed by atoms with Crippen molar-refractivity contribution in [2.45, 2.75) is 25.3 Å². The van der Waals surface area contributed by atoms with Crippen LogP contribution in [-0.2, 0) is 6.42 Å². The number of carbonyl (C=O) groups is 2. The Labute approximate surface area is 165 Å². The highest BCUT2D eigenvalue weighted by Gasteiger charge is 2.33. The Morgan fingerprint density at radius 2 is 1.61 bits per heavy atom. The molecule has 1 aliphatic rings. The summed E-state index contributed by atoms with van der Waals surface area (Å²) in [6, 6.07) is 14.2. The summed E-state index contributed by atoms with van der Waals surface area (Å²) in [6.45, 7) is 5.73. The highest BCUT2D eigenvalue weighted by molar-refractivity contribution is 6.03. The van der Waals surface area contributed by atoms with Gasteiger partial charge in [0.2, 0.25) is 0 Å². The standard InChI is InChI=1S/C22H27N3O3/c1-2-22(23,15-16-3-5-18(6-4-16)21(27)28)20(26)17-7-9-19(10-8-17)25-13-11-24-12-14-25/h3-10,24H,2,11-15,23H2,1H3,(H,27,28). The third kappa shape index (κ3) is 4.40. The Bertz CT molecular complexity index is 827. The number of anilines is 1. The molecule has 6 heteroatoms. The number of rotatable bonds is 7. The van der Waals surface area contributed by atoms with E-state index in [1.165, 1.54) is 0 Å². The second kappa shape index (κ2) is 8.54. The number of benzene rings is 2. The Morgan fingerprint density at radius 1 is 1.04 bits per heavy atom. The normalized spacial score (nSPS) is 16.4. The molecule has 28 heavy (non-hydrogen) atoms. The van der Waals surface area contributed by atoms with Gasteiger partial charge in [-0.25, -0.2) is 4.79 Å². The zero-order valence-corrected chi connectivity index (χ0v) is 16.1. The van der Waals surface area contributed by atoms with Gasteiger partial charge in [0.15, 0.2) is 5.78 Å². The van der Waals surface area contributed by atoms with Gasteiger partial charge in [0.1, 0.15) is 0 Å². The van der Waals surface area contributed by atoms with Crippen LogP contribution in [0.4, 0.5) is 5.69 Å². The van der Waals surface area contributed by atoms with Crippen molar-refractivity contribution in [3.05, 3.63) is 65.2 Å². The summed E-state index contributed by atoms with van der Waals surface area (Å²) in [5.74, 6) is -1.06. The minimum absolute atomic E-state index is 0.0934. The van der Waals surface area contributed by atoms with Gasteiger partial charge in [-0.05, 0) is 54.8 Å². The minimum atomic E-state index is -1.03. The highest BCUT2D eigenvalue weighted by atomic mass is 16.4. The Hall–Kier alpha value is -2.70. The second-order valence-electron chi connectivity index (χ2n) is 7.30. The molecular weight excluding hydrogens is 354 g/mol. The van der Waals surface area contributed by atoms with Gasteiger partial charge < -0.3 is 21.1 Å². The molecule has 6 nitrogen and oxygen atoms in total. The number of carboxylic acid groups (broad SMARTS) is 1. The number of carbonyl (C=O) groups excluding carboxylic acids is 1. The molecule has 1 unspecified atom stereocenters. The van der Waals surface area contributed by atoms with Gasteiger partial charge in [0.05, 0.1) is 11.1 Å². The number of Topliss-reactive ketones (excluding diaryl/α,β-unsaturated/α-hetero) is 1. The lowest BCUT2D eigenvalue weighted by Crippen LogP contribution is -2.49. The average molecular weight is 381 g/mol. The number of nitrogens with zero attached hydrogens (tertiary/aromatic N) is 1. The van der Waals surface area contributed by atoms with E-state index in [1.807, 2.05) is 31.2 Å². The lowest BCUT2D eigenvalue weighted by molar-refractivity contribution is 0.0696. The van der Waals surface area contributed by atoms with Gasteiger partial charge in [-0.15, -0.1) is 0 Å². The lowest BCUT2D eigenvalue weighted by Gasteiger charge is -2.30. The van der Waals surface area contributed by atoms with Gasteiger partial charge in [0, 0.05) is 37.4 Å². The molecule has 4 N–H and O–H groups in total. The summed E-state index contributed by atoms with van der Waals surface area (Å²) in [4.78, 5) is 26.4. The van der Waals surface area contributed by atoms with E-state index in [-0.39, 0.29) is 11.3 Å². The van der Waals surface area contributed by atoms with Crippen LogP contribution in [0.25, 0.3) is 0 Å². The van der Waals surface area contributed by atoms with E-state index >= 15 is 0 Å². The highest BCUT2D eigenvalue weighted by Crippen LogP contribution is 2.23. The Kier molecular flexibility index (Phi) is 6.11. The van der Waals surface area contributed by atoms with Crippen molar-refractivity contribution in [3.8, 4) is 0 Å². The van der Waals surface area contributed by atoms with Crippen LogP contribution in [0.1, 0.15) is 39.6 Å². The molecule has 2 aromatic carbocycles. The van der Waals surface area contributed by atoms with Crippen LogP contribution in [0.3, 0.4) is 0 Å². The molecule has 1 aliphatic heterocycles. The summed E-state index contributed by atoms with van der Waals surface area (Å²) in [5, 5.41) is 12.4. The van der Waals surface area contributed by atoms with Gasteiger partial charge in [-0.2, -0.15) is 0 Å². The third-order valence-electron chi connectivity index (χ3n) is 5.42. The number of nitrogens with one attached hydrogen (secondary N) is 1. The molecule has 0 amide bonds. The third-order valence-corrected chi connectivity index (χ3v) is 5.42. The van der Waals surface area contributed by atoms with Gasteiger partial charge >= 0.3 is 5.97 Å². The quantitative estimate of drug-likeness (QED) is 0.637. The molecule has 0 bridgehead atoms. The van der Waals surface area contributed by atoms with Crippen LogP contribution >= 0.6 is 0 Å². The molecule has 1 atom stereocenters. The molecule has 0 radical (unpaired) electrons. The first-order valence-electron chi connectivity index (χ1n) is 9.64. The fourth-order valence-corrected chi connectivity index (χ4v) is 3.53. The van der Waals surface area contributed by atoms with Crippen molar-refractivity contribution in [2.75, 3.05) is 31.1 Å². The summed E-state index contributed by atoms with van der Waals surface area (Å²) < 4.78 is 0. The topological polar surface area (TPSA) is 95.7 Å². The molecule has 1 saturated heterocycles. The van der Waals surface area contributed by atoms with Crippen molar-refractivity contribution in [1.82, 2.24) is 5.32 Å². The monoisotopic (exact) mass is 381 g/mol. The first kappa shape index (κ1) is 20.0.